The number of hydrogen-bond donors (Lipinski definition) is 1. The Morgan fingerprint density at radius 2 is 1.85 bits per heavy atom. The van der Waals surface area contributed by atoms with Crippen molar-refractivity contribution in [3.05, 3.63) is 17.0 Å². The number of ether oxygens (including phenoxy) is 1. The second-order valence-electron chi connectivity index (χ2n) is 8.86. The van der Waals surface area contributed by atoms with Gasteiger partial charge in [-0.3, -0.25) is 9.48 Å². The van der Waals surface area contributed by atoms with Gasteiger partial charge in [-0.2, -0.15) is 5.10 Å². The zero-order valence-corrected chi connectivity index (χ0v) is 16.9. The molecule has 6 heteroatoms. The van der Waals surface area contributed by atoms with Crippen LogP contribution < -0.4 is 0 Å². The Labute approximate surface area is 161 Å². The molecule has 27 heavy (non-hydrogen) atoms. The van der Waals surface area contributed by atoms with Crippen LogP contribution in [0.4, 0.5) is 0 Å². The summed E-state index contributed by atoms with van der Waals surface area (Å²) in [6.07, 6.45) is 8.17. The molecule has 2 fully saturated rings. The van der Waals surface area contributed by atoms with Crippen molar-refractivity contribution in [3.63, 3.8) is 0 Å². The van der Waals surface area contributed by atoms with Crippen LogP contribution in [0.2, 0.25) is 0 Å². The van der Waals surface area contributed by atoms with Gasteiger partial charge in [0.15, 0.2) is 0 Å². The van der Waals surface area contributed by atoms with Crippen LogP contribution in [0, 0.1) is 5.92 Å². The fraction of sp³-hybridized carbons (Fsp3) is 0.810. The summed E-state index contributed by atoms with van der Waals surface area (Å²) in [4.78, 5) is 15.2. The number of nitrogens with zero attached hydrogens (tertiary/aromatic N) is 3. The standard InChI is InChI=1S/C21H33N3O3/c1-14-13-17-18(15(2)27-14)22-23(3)19(17)20(25)24-11-9-21(26,10-12-24)16-7-5-4-6-8-16/h14-16,26H,4-13H2,1-3H3/t14-,15+/m1/s1. The maximum absolute atomic E-state index is 13.3. The zero-order valence-electron chi connectivity index (χ0n) is 16.9. The van der Waals surface area contributed by atoms with Crippen LogP contribution in [-0.2, 0) is 18.2 Å². The van der Waals surface area contributed by atoms with E-state index in [1.807, 2.05) is 25.8 Å². The second-order valence-corrected chi connectivity index (χ2v) is 8.86. The predicted octanol–water partition coefficient (Wildman–Crippen LogP) is 2.99. The average molecular weight is 376 g/mol. The van der Waals surface area contributed by atoms with E-state index >= 15 is 0 Å². The lowest BCUT2D eigenvalue weighted by atomic mass is 9.72. The molecule has 1 saturated heterocycles. The Morgan fingerprint density at radius 1 is 1.19 bits per heavy atom. The molecule has 6 nitrogen and oxygen atoms in total. The fourth-order valence-corrected chi connectivity index (χ4v) is 5.43. The van der Waals surface area contributed by atoms with Crippen LogP contribution in [-0.4, -0.2) is 50.5 Å². The molecular formula is C21H33N3O3. The highest BCUT2D eigenvalue weighted by atomic mass is 16.5. The van der Waals surface area contributed by atoms with Gasteiger partial charge in [0.2, 0.25) is 0 Å². The van der Waals surface area contributed by atoms with Crippen LogP contribution in [0.25, 0.3) is 0 Å². The first kappa shape index (κ1) is 18.9. The molecular weight excluding hydrogens is 342 g/mol. The first-order valence-corrected chi connectivity index (χ1v) is 10.6. The maximum Gasteiger partial charge on any atom is 0.272 e. The molecule has 0 spiro atoms. The molecule has 1 aliphatic carbocycles. The number of carbonyl (C=O) groups is 1. The highest BCUT2D eigenvalue weighted by Gasteiger charge is 2.42. The lowest BCUT2D eigenvalue weighted by Gasteiger charge is -2.44. The molecule has 1 N–H and O–H groups in total. The number of rotatable bonds is 2. The van der Waals surface area contributed by atoms with Gasteiger partial charge in [-0.25, -0.2) is 0 Å². The van der Waals surface area contributed by atoms with Crippen molar-refractivity contribution in [1.82, 2.24) is 14.7 Å². The van der Waals surface area contributed by atoms with E-state index < -0.39 is 5.60 Å². The molecule has 2 atom stereocenters. The summed E-state index contributed by atoms with van der Waals surface area (Å²) in [5, 5.41) is 15.7. The number of aryl methyl sites for hydroxylation is 1. The van der Waals surface area contributed by atoms with E-state index in [0.717, 1.165) is 30.5 Å². The Hall–Kier alpha value is -1.40. The molecule has 1 aromatic rings. The molecule has 0 aromatic carbocycles. The van der Waals surface area contributed by atoms with E-state index in [4.69, 9.17) is 4.74 Å². The van der Waals surface area contributed by atoms with E-state index in [1.54, 1.807) is 4.68 Å². The van der Waals surface area contributed by atoms with Crippen LogP contribution in [0.3, 0.4) is 0 Å². The van der Waals surface area contributed by atoms with E-state index in [2.05, 4.69) is 5.10 Å². The third-order valence-electron chi connectivity index (χ3n) is 6.97. The summed E-state index contributed by atoms with van der Waals surface area (Å²) in [5.74, 6) is 0.463. The van der Waals surface area contributed by atoms with Gasteiger partial charge in [-0.1, -0.05) is 19.3 Å². The molecule has 0 bridgehead atoms. The number of aliphatic hydroxyl groups is 1. The minimum absolute atomic E-state index is 0.0539. The third kappa shape index (κ3) is 3.42. The Kier molecular flexibility index (Phi) is 5.06. The molecule has 4 rings (SSSR count). The third-order valence-corrected chi connectivity index (χ3v) is 6.97. The molecule has 2 aliphatic heterocycles. The molecule has 0 radical (unpaired) electrons. The maximum atomic E-state index is 13.3. The summed E-state index contributed by atoms with van der Waals surface area (Å²) in [5.41, 5.74) is 2.06. The molecule has 3 aliphatic rings. The minimum atomic E-state index is -0.583. The van der Waals surface area contributed by atoms with Crippen LogP contribution in [0.15, 0.2) is 0 Å². The first-order valence-electron chi connectivity index (χ1n) is 10.6. The largest absolute Gasteiger partial charge is 0.389 e. The van der Waals surface area contributed by atoms with Crippen molar-refractivity contribution < 1.29 is 14.6 Å². The van der Waals surface area contributed by atoms with Gasteiger partial charge in [0.05, 0.1) is 23.5 Å². The van der Waals surface area contributed by atoms with E-state index in [9.17, 15) is 9.90 Å². The molecule has 1 saturated carbocycles. The van der Waals surface area contributed by atoms with E-state index in [0.29, 0.717) is 37.5 Å². The van der Waals surface area contributed by atoms with Crippen molar-refractivity contribution in [2.75, 3.05) is 13.1 Å². The Balaban J connectivity index is 1.49. The summed E-state index contributed by atoms with van der Waals surface area (Å²) in [7, 11) is 1.85. The van der Waals surface area contributed by atoms with E-state index in [-0.39, 0.29) is 18.1 Å². The number of hydrogen-bond acceptors (Lipinski definition) is 4. The molecule has 3 heterocycles. The Bertz CT molecular complexity index is 700. The number of piperidine rings is 1. The highest BCUT2D eigenvalue weighted by Crippen LogP contribution is 2.39. The number of fused-ring (bicyclic) bond motifs is 1. The minimum Gasteiger partial charge on any atom is -0.389 e. The number of aromatic nitrogens is 2. The van der Waals surface area contributed by atoms with Crippen molar-refractivity contribution in [1.29, 1.82) is 0 Å². The predicted molar refractivity (Wildman–Crippen MR) is 103 cm³/mol. The van der Waals surface area contributed by atoms with Crippen molar-refractivity contribution in [3.8, 4) is 0 Å². The zero-order chi connectivity index (χ0) is 19.2. The van der Waals surface area contributed by atoms with Gasteiger partial charge >= 0.3 is 0 Å². The van der Waals surface area contributed by atoms with Gasteiger partial charge in [-0.05, 0) is 45.4 Å². The van der Waals surface area contributed by atoms with Crippen molar-refractivity contribution in [2.45, 2.75) is 83.0 Å². The summed E-state index contributed by atoms with van der Waals surface area (Å²) in [6.45, 7) is 5.31. The van der Waals surface area contributed by atoms with Gasteiger partial charge in [0.1, 0.15) is 5.69 Å². The highest BCUT2D eigenvalue weighted by molar-refractivity contribution is 5.94. The second kappa shape index (κ2) is 7.21. The summed E-state index contributed by atoms with van der Waals surface area (Å²) in [6, 6.07) is 0. The van der Waals surface area contributed by atoms with Gasteiger partial charge < -0.3 is 14.7 Å². The normalized spacial score (nSPS) is 28.8. The quantitative estimate of drug-likeness (QED) is 0.863. The summed E-state index contributed by atoms with van der Waals surface area (Å²) >= 11 is 0. The molecule has 1 amide bonds. The van der Waals surface area contributed by atoms with Gasteiger partial charge in [0.25, 0.3) is 5.91 Å². The van der Waals surface area contributed by atoms with Crippen LogP contribution >= 0.6 is 0 Å². The lowest BCUT2D eigenvalue weighted by Crippen LogP contribution is -2.51. The molecule has 1 aromatic heterocycles. The molecule has 150 valence electrons. The number of likely N-dealkylation sites (tertiary alicyclic amines) is 1. The average Bonchev–Trinajstić information content (AvgIpc) is 2.99. The van der Waals surface area contributed by atoms with E-state index in [1.165, 1.54) is 19.3 Å². The van der Waals surface area contributed by atoms with Crippen molar-refractivity contribution in [2.24, 2.45) is 13.0 Å². The summed E-state index contributed by atoms with van der Waals surface area (Å²) < 4.78 is 7.60. The number of carbonyl (C=O) groups excluding carboxylic acids is 1. The topological polar surface area (TPSA) is 67.6 Å². The number of amides is 1. The smallest absolute Gasteiger partial charge is 0.272 e. The molecule has 0 unspecified atom stereocenters. The van der Waals surface area contributed by atoms with Crippen LogP contribution in [0.1, 0.15) is 86.6 Å². The van der Waals surface area contributed by atoms with Crippen molar-refractivity contribution >= 4 is 5.91 Å². The SMILES string of the molecule is C[C@@H]1Cc2c(nn(C)c2C(=O)N2CCC(O)(C3CCCCC3)CC2)[C@H](C)O1. The first-order chi connectivity index (χ1) is 12.9. The Morgan fingerprint density at radius 3 is 2.52 bits per heavy atom. The van der Waals surface area contributed by atoms with Crippen LogP contribution in [0.5, 0.6) is 0 Å². The van der Waals surface area contributed by atoms with Gasteiger partial charge in [-0.15, -0.1) is 0 Å². The van der Waals surface area contributed by atoms with Gasteiger partial charge in [0, 0.05) is 32.1 Å². The monoisotopic (exact) mass is 375 g/mol. The lowest BCUT2D eigenvalue weighted by molar-refractivity contribution is -0.0724. The fourth-order valence-electron chi connectivity index (χ4n) is 5.43.